The molecule has 14 heavy (non-hydrogen) atoms. The van der Waals surface area contributed by atoms with Crippen LogP contribution in [0.2, 0.25) is 0 Å². The number of rotatable bonds is 6. The van der Waals surface area contributed by atoms with Gasteiger partial charge in [-0.2, -0.15) is 0 Å². The molecule has 1 saturated heterocycles. The van der Waals surface area contributed by atoms with Crippen molar-refractivity contribution in [1.29, 1.82) is 0 Å². The van der Waals surface area contributed by atoms with Crippen LogP contribution < -0.4 is 5.32 Å². The normalized spacial score (nSPS) is 23.9. The molecule has 84 valence electrons. The number of hydrogen-bond donors (Lipinski definition) is 1. The van der Waals surface area contributed by atoms with Gasteiger partial charge < -0.3 is 10.1 Å². The zero-order valence-electron chi connectivity index (χ0n) is 9.34. The predicted octanol–water partition coefficient (Wildman–Crippen LogP) is 0.770. The molecule has 1 fully saturated rings. The van der Waals surface area contributed by atoms with E-state index in [-0.39, 0.29) is 0 Å². The van der Waals surface area contributed by atoms with E-state index >= 15 is 0 Å². The van der Waals surface area contributed by atoms with Gasteiger partial charge in [-0.25, -0.2) is 0 Å². The second kappa shape index (κ2) is 5.24. The molecule has 2 atom stereocenters. The summed E-state index contributed by atoms with van der Waals surface area (Å²) < 4.78 is 16.1. The quantitative estimate of drug-likeness (QED) is 0.717. The van der Waals surface area contributed by atoms with Gasteiger partial charge in [-0.15, -0.1) is 0 Å². The van der Waals surface area contributed by atoms with Crippen molar-refractivity contribution in [3.63, 3.8) is 0 Å². The summed E-state index contributed by atoms with van der Waals surface area (Å²) in [6, 6.07) is 0.455. The largest absolute Gasteiger partial charge is 0.380 e. The molecular weight excluding hydrogens is 198 g/mol. The van der Waals surface area contributed by atoms with Gasteiger partial charge in [0.25, 0.3) is 0 Å². The van der Waals surface area contributed by atoms with Crippen molar-refractivity contribution in [2.75, 3.05) is 31.8 Å². The Morgan fingerprint density at radius 3 is 2.64 bits per heavy atom. The highest BCUT2D eigenvalue weighted by atomic mass is 32.2. The molecular formula is C10H21NO2S. The molecule has 0 bridgehead atoms. The van der Waals surface area contributed by atoms with Crippen molar-refractivity contribution in [3.05, 3.63) is 0 Å². The summed E-state index contributed by atoms with van der Waals surface area (Å²) in [5.74, 6) is 0.793. The fraction of sp³-hybridized carbons (Fsp3) is 1.00. The molecule has 1 aliphatic heterocycles. The van der Waals surface area contributed by atoms with E-state index in [1.54, 1.807) is 6.26 Å². The van der Waals surface area contributed by atoms with Crippen LogP contribution in [-0.2, 0) is 15.5 Å². The van der Waals surface area contributed by atoms with Gasteiger partial charge in [0, 0.05) is 40.8 Å². The molecule has 0 aromatic carbocycles. The molecule has 4 heteroatoms. The van der Waals surface area contributed by atoms with Gasteiger partial charge in [0.15, 0.2) is 0 Å². The number of hydrogen-bond acceptors (Lipinski definition) is 3. The lowest BCUT2D eigenvalue weighted by Gasteiger charge is -2.39. The molecule has 2 unspecified atom stereocenters. The van der Waals surface area contributed by atoms with Crippen LogP contribution in [0.4, 0.5) is 0 Å². The molecule has 0 spiro atoms. The minimum atomic E-state index is -0.663. The SMILES string of the molecule is CC(CCS(C)=O)NCC1(C)COC1. The van der Waals surface area contributed by atoms with Crippen molar-refractivity contribution in [2.24, 2.45) is 5.41 Å². The van der Waals surface area contributed by atoms with Crippen molar-refractivity contribution in [3.8, 4) is 0 Å². The minimum absolute atomic E-state index is 0.333. The van der Waals surface area contributed by atoms with Crippen molar-refractivity contribution in [2.45, 2.75) is 26.3 Å². The van der Waals surface area contributed by atoms with Crippen LogP contribution in [0.3, 0.4) is 0 Å². The highest BCUT2D eigenvalue weighted by molar-refractivity contribution is 7.84. The van der Waals surface area contributed by atoms with E-state index in [0.29, 0.717) is 11.5 Å². The number of ether oxygens (including phenoxy) is 1. The second-order valence-electron chi connectivity index (χ2n) is 4.65. The summed E-state index contributed by atoms with van der Waals surface area (Å²) in [4.78, 5) is 0. The smallest absolute Gasteiger partial charge is 0.0554 e. The zero-order valence-corrected chi connectivity index (χ0v) is 10.2. The Bertz CT molecular complexity index is 204. The van der Waals surface area contributed by atoms with Crippen LogP contribution in [0, 0.1) is 5.41 Å². The van der Waals surface area contributed by atoms with Crippen LogP contribution in [0.1, 0.15) is 20.3 Å². The Morgan fingerprint density at radius 2 is 2.21 bits per heavy atom. The third kappa shape index (κ3) is 4.07. The first-order valence-corrected chi connectivity index (χ1v) is 6.86. The lowest BCUT2D eigenvalue weighted by atomic mass is 9.88. The molecule has 1 rings (SSSR count). The first-order chi connectivity index (χ1) is 6.52. The maximum Gasteiger partial charge on any atom is 0.0554 e. The minimum Gasteiger partial charge on any atom is -0.380 e. The van der Waals surface area contributed by atoms with Crippen LogP contribution in [0.15, 0.2) is 0 Å². The Morgan fingerprint density at radius 1 is 1.57 bits per heavy atom. The average Bonchev–Trinajstić information content (AvgIpc) is 2.08. The first-order valence-electron chi connectivity index (χ1n) is 5.13. The summed E-state index contributed by atoms with van der Waals surface area (Å²) in [5.41, 5.74) is 0.333. The van der Waals surface area contributed by atoms with Crippen LogP contribution in [0.5, 0.6) is 0 Å². The van der Waals surface area contributed by atoms with E-state index < -0.39 is 10.8 Å². The Balaban J connectivity index is 2.08. The summed E-state index contributed by atoms with van der Waals surface area (Å²) >= 11 is 0. The zero-order chi connectivity index (χ0) is 10.6. The van der Waals surface area contributed by atoms with Crippen LogP contribution >= 0.6 is 0 Å². The topological polar surface area (TPSA) is 38.3 Å². The molecule has 0 aromatic heterocycles. The van der Waals surface area contributed by atoms with Crippen molar-refractivity contribution >= 4 is 10.8 Å². The molecule has 0 radical (unpaired) electrons. The standard InChI is InChI=1S/C10H21NO2S/c1-9(4-5-14(3)12)11-6-10(2)7-13-8-10/h9,11H,4-8H2,1-3H3. The summed E-state index contributed by atoms with van der Waals surface area (Å²) in [6.07, 6.45) is 2.74. The maximum absolute atomic E-state index is 10.9. The van der Waals surface area contributed by atoms with Crippen molar-refractivity contribution in [1.82, 2.24) is 5.32 Å². The second-order valence-corrected chi connectivity index (χ2v) is 6.21. The monoisotopic (exact) mass is 219 g/mol. The molecule has 1 aliphatic rings. The van der Waals surface area contributed by atoms with E-state index in [9.17, 15) is 4.21 Å². The molecule has 0 aliphatic carbocycles. The van der Waals surface area contributed by atoms with Gasteiger partial charge in [-0.1, -0.05) is 6.92 Å². The van der Waals surface area contributed by atoms with Gasteiger partial charge in [0.1, 0.15) is 0 Å². The molecule has 0 aromatic rings. The lowest BCUT2D eigenvalue weighted by molar-refractivity contribution is -0.0998. The van der Waals surface area contributed by atoms with E-state index in [4.69, 9.17) is 4.74 Å². The van der Waals surface area contributed by atoms with Crippen LogP contribution in [-0.4, -0.2) is 42.0 Å². The fourth-order valence-corrected chi connectivity index (χ4v) is 2.10. The third-order valence-corrected chi connectivity index (χ3v) is 3.43. The molecule has 1 heterocycles. The van der Waals surface area contributed by atoms with Crippen molar-refractivity contribution < 1.29 is 8.95 Å². The lowest BCUT2D eigenvalue weighted by Crippen LogP contribution is -2.49. The first kappa shape index (κ1) is 12.1. The molecule has 3 nitrogen and oxygen atoms in total. The van der Waals surface area contributed by atoms with Gasteiger partial charge in [-0.05, 0) is 13.3 Å². The van der Waals surface area contributed by atoms with Gasteiger partial charge in [0.05, 0.1) is 13.2 Å². The molecule has 0 saturated carbocycles. The van der Waals surface area contributed by atoms with Crippen LogP contribution in [0.25, 0.3) is 0 Å². The average molecular weight is 219 g/mol. The highest BCUT2D eigenvalue weighted by Crippen LogP contribution is 2.25. The Hall–Kier alpha value is 0.0700. The fourth-order valence-electron chi connectivity index (χ4n) is 1.42. The highest BCUT2D eigenvalue weighted by Gasteiger charge is 2.33. The predicted molar refractivity (Wildman–Crippen MR) is 59.9 cm³/mol. The van der Waals surface area contributed by atoms with E-state index in [1.165, 1.54) is 0 Å². The van der Waals surface area contributed by atoms with Gasteiger partial charge in [-0.3, -0.25) is 4.21 Å². The number of nitrogens with one attached hydrogen (secondary N) is 1. The van der Waals surface area contributed by atoms with E-state index in [0.717, 1.165) is 31.9 Å². The van der Waals surface area contributed by atoms with Gasteiger partial charge in [0.2, 0.25) is 0 Å². The Labute approximate surface area is 89.1 Å². The van der Waals surface area contributed by atoms with E-state index in [2.05, 4.69) is 19.2 Å². The third-order valence-electron chi connectivity index (χ3n) is 2.62. The summed E-state index contributed by atoms with van der Waals surface area (Å²) in [6.45, 7) is 7.12. The summed E-state index contributed by atoms with van der Waals surface area (Å²) in [5, 5.41) is 3.47. The summed E-state index contributed by atoms with van der Waals surface area (Å²) in [7, 11) is -0.663. The Kier molecular flexibility index (Phi) is 4.54. The maximum atomic E-state index is 10.9. The van der Waals surface area contributed by atoms with Gasteiger partial charge >= 0.3 is 0 Å². The molecule has 1 N–H and O–H groups in total. The molecule has 0 amide bonds. The van der Waals surface area contributed by atoms with E-state index in [1.807, 2.05) is 0 Å².